The summed E-state index contributed by atoms with van der Waals surface area (Å²) in [6.07, 6.45) is 1.63. The summed E-state index contributed by atoms with van der Waals surface area (Å²) in [5.74, 6) is 0. The van der Waals surface area contributed by atoms with Crippen molar-refractivity contribution in [1.82, 2.24) is 4.90 Å². The second-order valence-corrected chi connectivity index (χ2v) is 4.64. The average Bonchev–Trinajstić information content (AvgIpc) is 2.77. The maximum Gasteiger partial charge on any atom is 0.0679 e. The van der Waals surface area contributed by atoms with E-state index >= 15 is 0 Å². The molecule has 14 heavy (non-hydrogen) atoms. The predicted molar refractivity (Wildman–Crippen MR) is 52.0 cm³/mol. The second-order valence-electron chi connectivity index (χ2n) is 4.64. The lowest BCUT2D eigenvalue weighted by Gasteiger charge is -2.30. The molecule has 2 unspecified atom stereocenters. The van der Waals surface area contributed by atoms with Crippen molar-refractivity contribution in [2.45, 2.75) is 18.9 Å². The third-order valence-corrected chi connectivity index (χ3v) is 3.33. The highest BCUT2D eigenvalue weighted by atomic mass is 16.5. The topological polar surface area (TPSA) is 52.9 Å². The molecule has 82 valence electrons. The highest BCUT2D eigenvalue weighted by molar-refractivity contribution is 4.88. The summed E-state index contributed by atoms with van der Waals surface area (Å²) in [6.45, 7) is 4.18. The third kappa shape index (κ3) is 2.08. The molecule has 0 radical (unpaired) electrons. The minimum atomic E-state index is -0.173. The van der Waals surface area contributed by atoms with Crippen molar-refractivity contribution >= 4 is 0 Å². The molecule has 0 aliphatic carbocycles. The summed E-state index contributed by atoms with van der Waals surface area (Å²) >= 11 is 0. The van der Waals surface area contributed by atoms with E-state index in [0.717, 1.165) is 39.1 Å². The van der Waals surface area contributed by atoms with Crippen molar-refractivity contribution in [1.29, 1.82) is 0 Å². The summed E-state index contributed by atoms with van der Waals surface area (Å²) in [5.41, 5.74) is -0.0654. The van der Waals surface area contributed by atoms with Crippen LogP contribution in [0.5, 0.6) is 0 Å². The molecular weight excluding hydrogens is 182 g/mol. The third-order valence-electron chi connectivity index (χ3n) is 3.33. The summed E-state index contributed by atoms with van der Waals surface area (Å²) < 4.78 is 5.34. The highest BCUT2D eigenvalue weighted by Gasteiger charge is 2.37. The van der Waals surface area contributed by atoms with Gasteiger partial charge in [-0.3, -0.25) is 4.90 Å². The van der Waals surface area contributed by atoms with Crippen LogP contribution in [-0.2, 0) is 4.74 Å². The van der Waals surface area contributed by atoms with Crippen LogP contribution >= 0.6 is 0 Å². The molecule has 2 atom stereocenters. The summed E-state index contributed by atoms with van der Waals surface area (Å²) in [6, 6.07) is 0. The molecule has 2 saturated heterocycles. The van der Waals surface area contributed by atoms with E-state index in [0.29, 0.717) is 6.61 Å². The van der Waals surface area contributed by atoms with Gasteiger partial charge in [-0.05, 0) is 12.8 Å². The van der Waals surface area contributed by atoms with Crippen LogP contribution in [0, 0.1) is 5.41 Å². The Kier molecular flexibility index (Phi) is 3.07. The smallest absolute Gasteiger partial charge is 0.0679 e. The quantitative estimate of drug-likeness (QED) is 0.643. The Morgan fingerprint density at radius 3 is 2.86 bits per heavy atom. The number of aliphatic hydroxyl groups excluding tert-OH is 2. The first kappa shape index (κ1) is 10.4. The lowest BCUT2D eigenvalue weighted by molar-refractivity contribution is 0.0593. The van der Waals surface area contributed by atoms with Gasteiger partial charge in [-0.25, -0.2) is 0 Å². The molecule has 4 nitrogen and oxygen atoms in total. The monoisotopic (exact) mass is 201 g/mol. The zero-order chi connectivity index (χ0) is 10.0. The Hall–Kier alpha value is -0.160. The second kappa shape index (κ2) is 4.14. The minimum absolute atomic E-state index is 0.0654. The van der Waals surface area contributed by atoms with Gasteiger partial charge in [-0.15, -0.1) is 0 Å². The van der Waals surface area contributed by atoms with Gasteiger partial charge in [0.1, 0.15) is 0 Å². The summed E-state index contributed by atoms with van der Waals surface area (Å²) in [4.78, 5) is 2.23. The van der Waals surface area contributed by atoms with Gasteiger partial charge < -0.3 is 14.9 Å². The van der Waals surface area contributed by atoms with Crippen molar-refractivity contribution in [2.75, 3.05) is 39.5 Å². The molecule has 0 spiro atoms. The van der Waals surface area contributed by atoms with Crippen molar-refractivity contribution in [3.63, 3.8) is 0 Å². The molecule has 2 N–H and O–H groups in total. The van der Waals surface area contributed by atoms with E-state index in [1.54, 1.807) is 0 Å². The molecule has 2 fully saturated rings. The first-order valence-corrected chi connectivity index (χ1v) is 5.33. The predicted octanol–water partition coefficient (Wildman–Crippen LogP) is -0.548. The molecule has 2 heterocycles. The SMILES string of the molecule is OCC1(CN2CCC(O)C2)CCOC1. The van der Waals surface area contributed by atoms with Gasteiger partial charge in [-0.1, -0.05) is 0 Å². The van der Waals surface area contributed by atoms with Crippen LogP contribution < -0.4 is 0 Å². The molecule has 0 aromatic carbocycles. The number of rotatable bonds is 3. The molecule has 2 aliphatic rings. The Labute approximate surface area is 84.5 Å². The van der Waals surface area contributed by atoms with E-state index in [9.17, 15) is 10.2 Å². The maximum absolute atomic E-state index is 9.39. The fourth-order valence-electron chi connectivity index (χ4n) is 2.38. The number of hydrogen-bond acceptors (Lipinski definition) is 4. The molecule has 0 saturated carbocycles. The van der Waals surface area contributed by atoms with Crippen molar-refractivity contribution in [3.8, 4) is 0 Å². The van der Waals surface area contributed by atoms with Crippen LogP contribution in [0.25, 0.3) is 0 Å². The van der Waals surface area contributed by atoms with E-state index in [2.05, 4.69) is 4.90 Å². The normalized spacial score (nSPS) is 39.4. The molecule has 2 aliphatic heterocycles. The van der Waals surface area contributed by atoms with Gasteiger partial charge in [0.25, 0.3) is 0 Å². The average molecular weight is 201 g/mol. The van der Waals surface area contributed by atoms with Gasteiger partial charge in [0, 0.05) is 31.7 Å². The standard InChI is InChI=1S/C10H19NO3/c12-7-10(2-4-14-8-10)6-11-3-1-9(13)5-11/h9,12-13H,1-8H2. The Balaban J connectivity index is 1.88. The molecule has 0 aromatic rings. The van der Waals surface area contributed by atoms with Crippen LogP contribution in [0.15, 0.2) is 0 Å². The van der Waals surface area contributed by atoms with Crippen LogP contribution in [-0.4, -0.2) is 60.7 Å². The van der Waals surface area contributed by atoms with Crippen LogP contribution in [0.1, 0.15) is 12.8 Å². The van der Waals surface area contributed by atoms with Crippen LogP contribution in [0.4, 0.5) is 0 Å². The number of aliphatic hydroxyl groups is 2. The van der Waals surface area contributed by atoms with Gasteiger partial charge in [-0.2, -0.15) is 0 Å². The molecule has 0 aromatic heterocycles. The van der Waals surface area contributed by atoms with E-state index in [1.165, 1.54) is 0 Å². The molecule has 0 bridgehead atoms. The lowest BCUT2D eigenvalue weighted by Crippen LogP contribution is -2.40. The van der Waals surface area contributed by atoms with E-state index < -0.39 is 0 Å². The van der Waals surface area contributed by atoms with E-state index in [1.807, 2.05) is 0 Å². The molecule has 2 rings (SSSR count). The number of likely N-dealkylation sites (tertiary alicyclic amines) is 1. The molecule has 4 heteroatoms. The summed E-state index contributed by atoms with van der Waals surface area (Å²) in [5, 5.41) is 18.8. The van der Waals surface area contributed by atoms with Crippen molar-refractivity contribution in [3.05, 3.63) is 0 Å². The van der Waals surface area contributed by atoms with Crippen molar-refractivity contribution in [2.24, 2.45) is 5.41 Å². The largest absolute Gasteiger partial charge is 0.396 e. The minimum Gasteiger partial charge on any atom is -0.396 e. The first-order valence-electron chi connectivity index (χ1n) is 5.33. The Morgan fingerprint density at radius 2 is 2.36 bits per heavy atom. The van der Waals surface area contributed by atoms with E-state index in [4.69, 9.17) is 4.74 Å². The van der Waals surface area contributed by atoms with Crippen LogP contribution in [0.3, 0.4) is 0 Å². The molecular formula is C10H19NO3. The fraction of sp³-hybridized carbons (Fsp3) is 1.00. The van der Waals surface area contributed by atoms with Gasteiger partial charge in [0.15, 0.2) is 0 Å². The Bertz CT molecular complexity index is 192. The van der Waals surface area contributed by atoms with Gasteiger partial charge in [0.05, 0.1) is 19.3 Å². The van der Waals surface area contributed by atoms with Gasteiger partial charge in [0.2, 0.25) is 0 Å². The summed E-state index contributed by atoms with van der Waals surface area (Å²) in [7, 11) is 0. The zero-order valence-electron chi connectivity index (χ0n) is 8.48. The lowest BCUT2D eigenvalue weighted by atomic mass is 9.88. The Morgan fingerprint density at radius 1 is 1.50 bits per heavy atom. The van der Waals surface area contributed by atoms with Crippen LogP contribution in [0.2, 0.25) is 0 Å². The van der Waals surface area contributed by atoms with Gasteiger partial charge >= 0.3 is 0 Å². The number of ether oxygens (including phenoxy) is 1. The number of β-amino-alcohol motifs (C(OH)–C–C–N with tert-alkyl or cyclic N) is 1. The fourth-order valence-corrected chi connectivity index (χ4v) is 2.38. The number of hydrogen-bond donors (Lipinski definition) is 2. The number of nitrogens with zero attached hydrogens (tertiary/aromatic N) is 1. The highest BCUT2D eigenvalue weighted by Crippen LogP contribution is 2.30. The first-order chi connectivity index (χ1) is 6.74. The maximum atomic E-state index is 9.39. The van der Waals surface area contributed by atoms with E-state index in [-0.39, 0.29) is 18.1 Å². The van der Waals surface area contributed by atoms with Crippen molar-refractivity contribution < 1.29 is 14.9 Å². The zero-order valence-corrected chi connectivity index (χ0v) is 8.48. The molecule has 0 amide bonds.